The first-order valence-electron chi connectivity index (χ1n) is 4.14. The third-order valence-corrected chi connectivity index (χ3v) is 1.54. The van der Waals surface area contributed by atoms with Crippen molar-refractivity contribution in [3.63, 3.8) is 0 Å². The summed E-state index contributed by atoms with van der Waals surface area (Å²) in [5, 5.41) is 0. The molecular formula is C9H12N4O. The number of hydrogen-bond acceptors (Lipinski definition) is 5. The minimum Gasteiger partial charge on any atom is -0.476 e. The van der Waals surface area contributed by atoms with Crippen LogP contribution >= 0.6 is 0 Å². The van der Waals surface area contributed by atoms with Gasteiger partial charge in [-0.1, -0.05) is 0 Å². The molecule has 0 aromatic carbocycles. The Morgan fingerprint density at radius 3 is 3.14 bits per heavy atom. The molecule has 14 heavy (non-hydrogen) atoms. The van der Waals surface area contributed by atoms with Gasteiger partial charge in [0.15, 0.2) is 0 Å². The summed E-state index contributed by atoms with van der Waals surface area (Å²) in [4.78, 5) is 7.94. The highest BCUT2D eigenvalue weighted by Crippen LogP contribution is 2.14. The quantitative estimate of drug-likeness (QED) is 0.314. The van der Waals surface area contributed by atoms with Gasteiger partial charge in [0.1, 0.15) is 6.61 Å². The van der Waals surface area contributed by atoms with E-state index >= 15 is 0 Å². The summed E-state index contributed by atoms with van der Waals surface area (Å²) >= 11 is 0. The molecule has 0 aliphatic heterocycles. The molecule has 0 atom stereocenters. The fraction of sp³-hybridized carbons (Fsp3) is 0.333. The smallest absolute Gasteiger partial charge is 0.240 e. The lowest BCUT2D eigenvalue weighted by molar-refractivity contribution is 0.312. The molecule has 5 nitrogen and oxygen atoms in total. The van der Waals surface area contributed by atoms with Gasteiger partial charge in [-0.3, -0.25) is 5.43 Å². The molecule has 1 rings (SSSR count). The second-order valence-corrected chi connectivity index (χ2v) is 2.63. The summed E-state index contributed by atoms with van der Waals surface area (Å²) in [5.74, 6) is 8.47. The Hall–Kier alpha value is -1.80. The lowest BCUT2D eigenvalue weighted by Crippen LogP contribution is -2.11. The summed E-state index contributed by atoms with van der Waals surface area (Å²) in [6.07, 6.45) is 7.27. The highest BCUT2D eigenvalue weighted by atomic mass is 16.5. The first-order chi connectivity index (χ1) is 6.77. The number of ether oxygens (including phenoxy) is 1. The van der Waals surface area contributed by atoms with Gasteiger partial charge in [0.05, 0.1) is 0 Å². The summed E-state index contributed by atoms with van der Waals surface area (Å²) in [7, 11) is 0. The van der Waals surface area contributed by atoms with E-state index in [1.165, 1.54) is 0 Å². The molecule has 0 saturated carbocycles. The third-order valence-electron chi connectivity index (χ3n) is 1.54. The molecule has 1 aromatic rings. The van der Waals surface area contributed by atoms with E-state index in [0.717, 1.165) is 5.56 Å². The number of rotatable bonds is 4. The van der Waals surface area contributed by atoms with Crippen molar-refractivity contribution in [2.75, 3.05) is 12.0 Å². The summed E-state index contributed by atoms with van der Waals surface area (Å²) in [5.41, 5.74) is 3.19. The van der Waals surface area contributed by atoms with Crippen molar-refractivity contribution in [3.05, 3.63) is 11.8 Å². The Balaban J connectivity index is 2.69. The van der Waals surface area contributed by atoms with E-state index in [4.69, 9.17) is 17.0 Å². The maximum atomic E-state index is 5.33. The number of anilines is 1. The number of nitrogens with one attached hydrogen (secondary N) is 1. The van der Waals surface area contributed by atoms with Crippen LogP contribution in [0.1, 0.15) is 12.0 Å². The van der Waals surface area contributed by atoms with Gasteiger partial charge < -0.3 is 4.74 Å². The van der Waals surface area contributed by atoms with Crippen molar-refractivity contribution in [2.24, 2.45) is 5.84 Å². The van der Waals surface area contributed by atoms with E-state index in [-0.39, 0.29) is 0 Å². The molecule has 0 bridgehead atoms. The molecule has 0 aliphatic carbocycles. The predicted octanol–water partition coefficient (Wildman–Crippen LogP) is 0.473. The van der Waals surface area contributed by atoms with E-state index in [2.05, 4.69) is 21.3 Å². The molecule has 0 aliphatic rings. The van der Waals surface area contributed by atoms with Crippen molar-refractivity contribution >= 4 is 5.95 Å². The summed E-state index contributed by atoms with van der Waals surface area (Å²) < 4.78 is 5.33. The number of nitrogen functional groups attached to an aromatic ring is 1. The maximum absolute atomic E-state index is 5.33. The number of aromatic nitrogens is 2. The number of terminal acetylenes is 1. The second-order valence-electron chi connectivity index (χ2n) is 2.63. The van der Waals surface area contributed by atoms with Crippen LogP contribution in [0.25, 0.3) is 0 Å². The molecule has 0 spiro atoms. The molecule has 0 saturated heterocycles. The van der Waals surface area contributed by atoms with Crippen LogP contribution in [-0.4, -0.2) is 16.6 Å². The molecular weight excluding hydrogens is 180 g/mol. The van der Waals surface area contributed by atoms with Gasteiger partial charge in [-0.15, -0.1) is 12.3 Å². The average Bonchev–Trinajstić information content (AvgIpc) is 2.21. The number of hydrogen-bond donors (Lipinski definition) is 2. The van der Waals surface area contributed by atoms with Gasteiger partial charge in [-0.2, -0.15) is 4.98 Å². The standard InChI is InChI=1S/C9H12N4O/c1-3-4-5-14-8-7(2)6-11-9(12-8)13-10/h1,6H,4-5,10H2,2H3,(H,11,12,13). The fourth-order valence-electron chi connectivity index (χ4n) is 0.849. The van der Waals surface area contributed by atoms with Crippen LogP contribution in [0.3, 0.4) is 0 Å². The van der Waals surface area contributed by atoms with E-state index in [1.54, 1.807) is 6.20 Å². The normalized spacial score (nSPS) is 9.21. The van der Waals surface area contributed by atoms with Crippen molar-refractivity contribution in [1.29, 1.82) is 0 Å². The number of hydrazine groups is 1. The van der Waals surface area contributed by atoms with Crippen LogP contribution in [0.4, 0.5) is 5.95 Å². The second kappa shape index (κ2) is 5.04. The van der Waals surface area contributed by atoms with Gasteiger partial charge in [0.2, 0.25) is 11.8 Å². The molecule has 0 amide bonds. The van der Waals surface area contributed by atoms with Crippen molar-refractivity contribution < 1.29 is 4.74 Å². The number of nitrogens with two attached hydrogens (primary N) is 1. The van der Waals surface area contributed by atoms with Crippen LogP contribution in [0.2, 0.25) is 0 Å². The van der Waals surface area contributed by atoms with Crippen LogP contribution in [0.5, 0.6) is 5.88 Å². The Morgan fingerprint density at radius 1 is 1.71 bits per heavy atom. The molecule has 74 valence electrons. The zero-order valence-electron chi connectivity index (χ0n) is 7.95. The van der Waals surface area contributed by atoms with Gasteiger partial charge in [0.25, 0.3) is 0 Å². The average molecular weight is 192 g/mol. The summed E-state index contributed by atoms with van der Waals surface area (Å²) in [6, 6.07) is 0. The highest BCUT2D eigenvalue weighted by molar-refractivity contribution is 5.31. The van der Waals surface area contributed by atoms with Crippen LogP contribution < -0.4 is 16.0 Å². The van der Waals surface area contributed by atoms with E-state index in [0.29, 0.717) is 24.9 Å². The Bertz CT molecular complexity index is 345. The van der Waals surface area contributed by atoms with Crippen molar-refractivity contribution in [1.82, 2.24) is 9.97 Å². The molecule has 1 aromatic heterocycles. The van der Waals surface area contributed by atoms with Crippen molar-refractivity contribution in [2.45, 2.75) is 13.3 Å². The Kier molecular flexibility index (Phi) is 3.70. The van der Waals surface area contributed by atoms with Gasteiger partial charge in [0, 0.05) is 18.2 Å². The number of nitrogens with zero attached hydrogens (tertiary/aromatic N) is 2. The van der Waals surface area contributed by atoms with Gasteiger partial charge in [-0.25, -0.2) is 10.8 Å². The fourth-order valence-corrected chi connectivity index (χ4v) is 0.849. The largest absolute Gasteiger partial charge is 0.476 e. The minimum atomic E-state index is 0.325. The monoisotopic (exact) mass is 192 g/mol. The first-order valence-corrected chi connectivity index (χ1v) is 4.14. The van der Waals surface area contributed by atoms with Crippen molar-refractivity contribution in [3.8, 4) is 18.2 Å². The maximum Gasteiger partial charge on any atom is 0.240 e. The van der Waals surface area contributed by atoms with E-state index < -0.39 is 0 Å². The highest BCUT2D eigenvalue weighted by Gasteiger charge is 2.03. The number of aryl methyl sites for hydroxylation is 1. The lowest BCUT2D eigenvalue weighted by atomic mass is 10.4. The van der Waals surface area contributed by atoms with Crippen LogP contribution in [-0.2, 0) is 0 Å². The van der Waals surface area contributed by atoms with Gasteiger partial charge >= 0.3 is 0 Å². The van der Waals surface area contributed by atoms with Gasteiger partial charge in [-0.05, 0) is 6.92 Å². The molecule has 0 fully saturated rings. The zero-order valence-corrected chi connectivity index (χ0v) is 7.95. The molecule has 0 unspecified atom stereocenters. The van der Waals surface area contributed by atoms with E-state index in [9.17, 15) is 0 Å². The zero-order chi connectivity index (χ0) is 10.4. The predicted molar refractivity (Wildman–Crippen MR) is 53.5 cm³/mol. The lowest BCUT2D eigenvalue weighted by Gasteiger charge is -2.07. The van der Waals surface area contributed by atoms with E-state index in [1.807, 2.05) is 6.92 Å². The first kappa shape index (κ1) is 10.3. The molecule has 3 N–H and O–H groups in total. The van der Waals surface area contributed by atoms with Crippen LogP contribution in [0.15, 0.2) is 6.20 Å². The summed E-state index contributed by atoms with van der Waals surface area (Å²) in [6.45, 7) is 2.30. The molecule has 5 heteroatoms. The SMILES string of the molecule is C#CCCOc1nc(NN)ncc1C. The molecule has 1 heterocycles. The molecule has 0 radical (unpaired) electrons. The minimum absolute atomic E-state index is 0.325. The Morgan fingerprint density at radius 2 is 2.50 bits per heavy atom. The topological polar surface area (TPSA) is 73.1 Å². The third kappa shape index (κ3) is 2.61. The van der Waals surface area contributed by atoms with Crippen LogP contribution in [0, 0.1) is 19.3 Å². The Labute approximate surface area is 82.7 Å².